The normalized spacial score (nSPS) is 11.2. The second kappa shape index (κ2) is 9.98. The standard InChI is InChI=1S/C29H20ClN3O3/c1-19-7-6-9-21(17-19)27-32-25-11-4-3-10-24(25)28(34)33(27)31-18-22-8-2-5-12-26(22)36-29(35)20-13-15-23(30)16-14-20/h2-18H,1H3. The van der Waals surface area contributed by atoms with E-state index < -0.39 is 5.97 Å². The zero-order valence-corrected chi connectivity index (χ0v) is 20.0. The van der Waals surface area contributed by atoms with Crippen molar-refractivity contribution in [3.8, 4) is 17.1 Å². The van der Waals surface area contributed by atoms with Gasteiger partial charge in [0.1, 0.15) is 5.75 Å². The first-order valence-electron chi connectivity index (χ1n) is 11.2. The Bertz CT molecular complexity index is 1670. The van der Waals surface area contributed by atoms with Crippen LogP contribution in [0, 0.1) is 6.92 Å². The van der Waals surface area contributed by atoms with Gasteiger partial charge in [0.2, 0.25) is 0 Å². The number of benzene rings is 4. The molecule has 0 radical (unpaired) electrons. The van der Waals surface area contributed by atoms with Gasteiger partial charge in [0.05, 0.1) is 22.7 Å². The number of hydrogen-bond donors (Lipinski definition) is 0. The number of nitrogens with zero attached hydrogens (tertiary/aromatic N) is 3. The largest absolute Gasteiger partial charge is 0.422 e. The first-order chi connectivity index (χ1) is 17.5. The Kier molecular flexibility index (Phi) is 6.43. The maximum atomic E-state index is 13.4. The number of esters is 1. The number of carbonyl (C=O) groups excluding carboxylic acids is 1. The van der Waals surface area contributed by atoms with E-state index in [0.29, 0.717) is 38.6 Å². The van der Waals surface area contributed by atoms with Gasteiger partial charge in [-0.2, -0.15) is 9.78 Å². The van der Waals surface area contributed by atoms with Crippen molar-refractivity contribution in [1.82, 2.24) is 9.66 Å². The summed E-state index contributed by atoms with van der Waals surface area (Å²) < 4.78 is 6.89. The average molecular weight is 494 g/mol. The number of aryl methyl sites for hydroxylation is 1. The smallest absolute Gasteiger partial charge is 0.343 e. The first-order valence-corrected chi connectivity index (χ1v) is 11.6. The fourth-order valence-electron chi connectivity index (χ4n) is 3.75. The first kappa shape index (κ1) is 23.2. The Labute approximate surface area is 212 Å². The van der Waals surface area contributed by atoms with Crippen LogP contribution in [0.15, 0.2) is 107 Å². The van der Waals surface area contributed by atoms with E-state index >= 15 is 0 Å². The summed E-state index contributed by atoms with van der Waals surface area (Å²) in [4.78, 5) is 30.8. The minimum atomic E-state index is -0.530. The fourth-order valence-corrected chi connectivity index (χ4v) is 3.87. The Morgan fingerprint density at radius 2 is 1.69 bits per heavy atom. The number of fused-ring (bicyclic) bond motifs is 1. The molecule has 176 valence electrons. The van der Waals surface area contributed by atoms with E-state index in [2.05, 4.69) is 5.10 Å². The van der Waals surface area contributed by atoms with Gasteiger partial charge in [-0.05, 0) is 61.5 Å². The van der Waals surface area contributed by atoms with Crippen molar-refractivity contribution in [2.24, 2.45) is 5.10 Å². The van der Waals surface area contributed by atoms with Gasteiger partial charge in [-0.15, -0.1) is 0 Å². The average Bonchev–Trinajstić information content (AvgIpc) is 2.89. The van der Waals surface area contributed by atoms with Crippen LogP contribution in [0.1, 0.15) is 21.5 Å². The van der Waals surface area contributed by atoms with Crippen molar-refractivity contribution < 1.29 is 9.53 Å². The van der Waals surface area contributed by atoms with E-state index in [0.717, 1.165) is 11.1 Å². The van der Waals surface area contributed by atoms with Gasteiger partial charge in [-0.3, -0.25) is 4.79 Å². The van der Waals surface area contributed by atoms with Crippen LogP contribution in [0.4, 0.5) is 0 Å². The number of ether oxygens (including phenoxy) is 1. The number of rotatable bonds is 5. The lowest BCUT2D eigenvalue weighted by molar-refractivity contribution is 0.0734. The molecule has 0 bridgehead atoms. The minimum absolute atomic E-state index is 0.302. The van der Waals surface area contributed by atoms with E-state index in [1.807, 2.05) is 37.3 Å². The van der Waals surface area contributed by atoms with E-state index in [1.54, 1.807) is 66.7 Å². The van der Waals surface area contributed by atoms with Crippen LogP contribution in [0.3, 0.4) is 0 Å². The van der Waals surface area contributed by atoms with Gasteiger partial charge in [-0.25, -0.2) is 9.78 Å². The maximum absolute atomic E-state index is 13.4. The molecule has 0 saturated carbocycles. The molecule has 0 spiro atoms. The fraction of sp³-hybridized carbons (Fsp3) is 0.0345. The Balaban J connectivity index is 1.57. The molecule has 36 heavy (non-hydrogen) atoms. The Morgan fingerprint density at radius 1 is 0.944 bits per heavy atom. The van der Waals surface area contributed by atoms with Crippen LogP contribution in [-0.4, -0.2) is 21.8 Å². The number of aromatic nitrogens is 2. The van der Waals surface area contributed by atoms with Gasteiger partial charge in [0, 0.05) is 16.1 Å². The van der Waals surface area contributed by atoms with Gasteiger partial charge < -0.3 is 4.74 Å². The zero-order valence-electron chi connectivity index (χ0n) is 19.3. The van der Waals surface area contributed by atoms with Gasteiger partial charge in [0.25, 0.3) is 5.56 Å². The number of hydrogen-bond acceptors (Lipinski definition) is 5. The van der Waals surface area contributed by atoms with Gasteiger partial charge >= 0.3 is 5.97 Å². The summed E-state index contributed by atoms with van der Waals surface area (Å²) in [6.07, 6.45) is 1.49. The molecule has 1 aromatic heterocycles. The molecule has 0 amide bonds. The van der Waals surface area contributed by atoms with Crippen LogP contribution >= 0.6 is 11.6 Å². The van der Waals surface area contributed by atoms with Crippen LogP contribution in [-0.2, 0) is 0 Å². The lowest BCUT2D eigenvalue weighted by Crippen LogP contribution is -2.20. The van der Waals surface area contributed by atoms with Gasteiger partial charge in [-0.1, -0.05) is 59.6 Å². The molecule has 0 fully saturated rings. The van der Waals surface area contributed by atoms with Crippen LogP contribution in [0.5, 0.6) is 5.75 Å². The topological polar surface area (TPSA) is 73.6 Å². The quantitative estimate of drug-likeness (QED) is 0.168. The molecule has 5 aromatic rings. The Morgan fingerprint density at radius 3 is 2.50 bits per heavy atom. The summed E-state index contributed by atoms with van der Waals surface area (Å²) in [6.45, 7) is 1.97. The van der Waals surface area contributed by atoms with Crippen molar-refractivity contribution in [2.75, 3.05) is 0 Å². The molecule has 0 atom stereocenters. The SMILES string of the molecule is Cc1cccc(-c2nc3ccccc3c(=O)n2N=Cc2ccccc2OC(=O)c2ccc(Cl)cc2)c1. The molecule has 6 nitrogen and oxygen atoms in total. The Hall–Kier alpha value is -4.55. The van der Waals surface area contributed by atoms with Gasteiger partial charge in [0.15, 0.2) is 5.82 Å². The summed E-state index contributed by atoms with van der Waals surface area (Å²) in [5, 5.41) is 5.47. The lowest BCUT2D eigenvalue weighted by Gasteiger charge is -2.11. The predicted octanol–water partition coefficient (Wildman–Crippen LogP) is 6.13. The van der Waals surface area contributed by atoms with Crippen LogP contribution in [0.25, 0.3) is 22.3 Å². The predicted molar refractivity (Wildman–Crippen MR) is 142 cm³/mol. The summed E-state index contributed by atoms with van der Waals surface area (Å²) in [5.74, 6) is 0.187. The number of halogens is 1. The zero-order chi connectivity index (χ0) is 25.1. The third-order valence-electron chi connectivity index (χ3n) is 5.54. The molecule has 5 rings (SSSR count). The monoisotopic (exact) mass is 493 g/mol. The molecule has 0 N–H and O–H groups in total. The highest BCUT2D eigenvalue weighted by molar-refractivity contribution is 6.30. The van der Waals surface area contributed by atoms with E-state index in [1.165, 1.54) is 10.9 Å². The lowest BCUT2D eigenvalue weighted by atomic mass is 10.1. The van der Waals surface area contributed by atoms with Crippen molar-refractivity contribution in [1.29, 1.82) is 0 Å². The second-order valence-corrected chi connectivity index (χ2v) is 8.55. The van der Waals surface area contributed by atoms with Crippen LogP contribution in [0.2, 0.25) is 5.02 Å². The summed E-state index contributed by atoms with van der Waals surface area (Å²) in [5.41, 5.74) is 2.96. The summed E-state index contributed by atoms with van der Waals surface area (Å²) in [7, 11) is 0. The van der Waals surface area contributed by atoms with Crippen LogP contribution < -0.4 is 10.3 Å². The number of carbonyl (C=O) groups is 1. The molecule has 7 heteroatoms. The molecule has 0 aliphatic carbocycles. The molecular formula is C29H20ClN3O3. The highest BCUT2D eigenvalue weighted by Crippen LogP contribution is 2.22. The maximum Gasteiger partial charge on any atom is 0.343 e. The summed E-state index contributed by atoms with van der Waals surface area (Å²) >= 11 is 5.91. The van der Waals surface area contributed by atoms with E-state index in [-0.39, 0.29) is 5.56 Å². The van der Waals surface area contributed by atoms with Crippen molar-refractivity contribution >= 4 is 34.7 Å². The van der Waals surface area contributed by atoms with Crippen molar-refractivity contribution in [2.45, 2.75) is 6.92 Å². The molecular weight excluding hydrogens is 474 g/mol. The third-order valence-corrected chi connectivity index (χ3v) is 5.80. The highest BCUT2D eigenvalue weighted by Gasteiger charge is 2.14. The van der Waals surface area contributed by atoms with E-state index in [4.69, 9.17) is 21.3 Å². The molecule has 0 unspecified atom stereocenters. The number of para-hydroxylation sites is 2. The minimum Gasteiger partial charge on any atom is -0.422 e. The van der Waals surface area contributed by atoms with Crippen molar-refractivity contribution in [3.05, 3.63) is 129 Å². The van der Waals surface area contributed by atoms with E-state index in [9.17, 15) is 9.59 Å². The molecule has 0 aliphatic heterocycles. The van der Waals surface area contributed by atoms with Crippen molar-refractivity contribution in [3.63, 3.8) is 0 Å². The second-order valence-electron chi connectivity index (χ2n) is 8.12. The highest BCUT2D eigenvalue weighted by atomic mass is 35.5. The molecule has 0 saturated heterocycles. The third kappa shape index (κ3) is 4.80. The molecule has 1 heterocycles. The summed E-state index contributed by atoms with van der Waals surface area (Å²) in [6, 6.07) is 28.3. The molecule has 0 aliphatic rings. The molecule has 4 aromatic carbocycles.